The molecule has 0 spiro atoms. The van der Waals surface area contributed by atoms with Crippen LogP contribution in [0.5, 0.6) is 0 Å². The summed E-state index contributed by atoms with van der Waals surface area (Å²) >= 11 is 0. The lowest BCUT2D eigenvalue weighted by molar-refractivity contribution is -0.359. The number of aliphatic hydroxyl groups is 8. The fraction of sp³-hybridized carbons (Fsp3) is 0.800. The van der Waals surface area contributed by atoms with Crippen molar-refractivity contribution in [2.45, 2.75) is 312 Å². The molecule has 2 saturated heterocycles. The quantitative estimate of drug-likeness (QED) is 0.0204. The van der Waals surface area contributed by atoms with E-state index in [4.69, 9.17) is 18.9 Å². The predicted octanol–water partition coefficient (Wildman–Crippen LogP) is 11.5. The topological polar surface area (TPSA) is 228 Å². The van der Waals surface area contributed by atoms with E-state index < -0.39 is 86.8 Å². The second-order valence-corrected chi connectivity index (χ2v) is 22.2. The Kier molecular flexibility index (Phi) is 45.9. The molecule has 2 fully saturated rings. The van der Waals surface area contributed by atoms with E-state index >= 15 is 0 Å². The van der Waals surface area contributed by atoms with Crippen LogP contribution in [0.3, 0.4) is 0 Å². The van der Waals surface area contributed by atoms with Gasteiger partial charge in [-0.1, -0.05) is 241 Å². The first-order valence-electron chi connectivity index (χ1n) is 31.7. The Balaban J connectivity index is 1.75. The molecule has 0 saturated carbocycles. The molecule has 2 aliphatic rings. The lowest BCUT2D eigenvalue weighted by Gasteiger charge is -2.46. The normalized spacial score (nSPS) is 24.9. The smallest absolute Gasteiger partial charge is 0.220 e. The van der Waals surface area contributed by atoms with Crippen molar-refractivity contribution in [3.63, 3.8) is 0 Å². The maximum Gasteiger partial charge on any atom is 0.220 e. The maximum absolute atomic E-state index is 13.3. The Hall–Kier alpha value is -2.57. The van der Waals surface area contributed by atoms with Gasteiger partial charge in [0.05, 0.1) is 32.0 Å². The van der Waals surface area contributed by atoms with Gasteiger partial charge >= 0.3 is 0 Å². The van der Waals surface area contributed by atoms with Crippen LogP contribution in [0.25, 0.3) is 0 Å². The van der Waals surface area contributed by atoms with Crippen molar-refractivity contribution in [3.8, 4) is 0 Å². The Morgan fingerprint density at radius 3 is 1.34 bits per heavy atom. The molecule has 2 aliphatic heterocycles. The molecule has 14 heteroatoms. The SMILES string of the molecule is CC/C=C\C/C=C\C/C=C\C/C=C\C/C=C\CCCCCCCCCC(=O)NC(COC1OC(CO)C(OC2OC(CO)C(O)C(O)C2O)C(O)C1O)C(O)/C=C/CCCCCCCCCCCCCCCCCCCCCC. The van der Waals surface area contributed by atoms with E-state index in [0.717, 1.165) is 89.9 Å². The van der Waals surface area contributed by atoms with Crippen molar-refractivity contribution in [1.82, 2.24) is 5.32 Å². The molecular weight excluding hydrogens is 1000 g/mol. The lowest BCUT2D eigenvalue weighted by atomic mass is 9.97. The highest BCUT2D eigenvalue weighted by Crippen LogP contribution is 2.30. The van der Waals surface area contributed by atoms with E-state index in [9.17, 15) is 45.6 Å². The van der Waals surface area contributed by atoms with E-state index in [1.165, 1.54) is 122 Å². The van der Waals surface area contributed by atoms with E-state index in [1.54, 1.807) is 6.08 Å². The molecule has 12 atom stereocenters. The van der Waals surface area contributed by atoms with Gasteiger partial charge in [-0.2, -0.15) is 0 Å². The zero-order chi connectivity index (χ0) is 57.4. The number of hydrogen-bond acceptors (Lipinski definition) is 13. The number of carbonyl (C=O) groups excluding carboxylic acids is 1. The van der Waals surface area contributed by atoms with Crippen LogP contribution in [0.2, 0.25) is 0 Å². The highest BCUT2D eigenvalue weighted by atomic mass is 16.7. The Bertz CT molecular complexity index is 1600. The second kappa shape index (κ2) is 50.0. The van der Waals surface area contributed by atoms with Crippen LogP contribution in [0.15, 0.2) is 72.9 Å². The standard InChI is InChI=1S/C65H115NO13/c1-3-5-7-9-11-13-15-17-19-21-23-25-27-29-31-33-35-37-39-41-43-45-47-49-57(70)66-53(52-76-64-62(75)60(73)63(56(51-68)78-64)79-65-61(74)59(72)58(71)55(50-67)77-65)54(69)48-46-44-42-40-38-36-34-32-30-28-26-24-22-20-18-16-14-12-10-8-6-4-2/h5,7,11,13,17,19,23,25,29,31,46,48,53-56,58-65,67-69,71-75H,3-4,6,8-10,12,14-16,18,20-22,24,26-28,30,32-45,47,49-52H2,1-2H3,(H,66,70)/b7-5-,13-11-,19-17-,25-23-,31-29-,48-46+. The fourth-order valence-electron chi connectivity index (χ4n) is 10.1. The molecule has 0 radical (unpaired) electrons. The first-order valence-corrected chi connectivity index (χ1v) is 31.7. The van der Waals surface area contributed by atoms with Crippen molar-refractivity contribution in [2.24, 2.45) is 0 Å². The molecule has 458 valence electrons. The van der Waals surface area contributed by atoms with Crippen LogP contribution in [0, 0.1) is 0 Å². The van der Waals surface area contributed by atoms with E-state index in [-0.39, 0.29) is 18.9 Å². The van der Waals surface area contributed by atoms with Crippen LogP contribution in [-0.4, -0.2) is 140 Å². The Morgan fingerprint density at radius 1 is 0.468 bits per heavy atom. The third kappa shape index (κ3) is 35.2. The van der Waals surface area contributed by atoms with Gasteiger partial charge in [-0.15, -0.1) is 0 Å². The van der Waals surface area contributed by atoms with Gasteiger partial charge in [0.25, 0.3) is 0 Å². The lowest BCUT2D eigenvalue weighted by Crippen LogP contribution is -2.65. The van der Waals surface area contributed by atoms with Crippen molar-refractivity contribution in [3.05, 3.63) is 72.9 Å². The summed E-state index contributed by atoms with van der Waals surface area (Å²) in [5, 5.41) is 87.3. The van der Waals surface area contributed by atoms with Crippen molar-refractivity contribution >= 4 is 5.91 Å². The minimum atomic E-state index is -1.79. The predicted molar refractivity (Wildman–Crippen MR) is 318 cm³/mol. The molecule has 0 aliphatic carbocycles. The van der Waals surface area contributed by atoms with Gasteiger partial charge in [-0.3, -0.25) is 4.79 Å². The highest BCUT2D eigenvalue weighted by Gasteiger charge is 2.51. The average molecular weight is 1120 g/mol. The molecule has 0 aromatic heterocycles. The summed E-state index contributed by atoms with van der Waals surface area (Å²) in [5.74, 6) is -0.251. The van der Waals surface area contributed by atoms with Gasteiger partial charge in [-0.05, 0) is 64.2 Å². The monoisotopic (exact) mass is 1120 g/mol. The number of amides is 1. The van der Waals surface area contributed by atoms with Crippen LogP contribution in [-0.2, 0) is 23.7 Å². The van der Waals surface area contributed by atoms with E-state index in [2.05, 4.69) is 79.9 Å². The Morgan fingerprint density at radius 2 is 0.873 bits per heavy atom. The van der Waals surface area contributed by atoms with Crippen molar-refractivity contribution in [1.29, 1.82) is 0 Å². The van der Waals surface area contributed by atoms with Gasteiger partial charge in [0, 0.05) is 6.42 Å². The molecular formula is C65H115NO13. The number of ether oxygens (including phenoxy) is 4. The average Bonchev–Trinajstić information content (AvgIpc) is 3.47. The molecule has 1 amide bonds. The summed E-state index contributed by atoms with van der Waals surface area (Å²) in [6.45, 7) is 2.69. The van der Waals surface area contributed by atoms with Gasteiger partial charge in [-0.25, -0.2) is 0 Å². The number of carbonyl (C=O) groups is 1. The van der Waals surface area contributed by atoms with Gasteiger partial charge in [0.1, 0.15) is 48.8 Å². The molecule has 2 heterocycles. The highest BCUT2D eigenvalue weighted by molar-refractivity contribution is 5.76. The first-order chi connectivity index (χ1) is 38.6. The second-order valence-electron chi connectivity index (χ2n) is 22.2. The summed E-state index contributed by atoms with van der Waals surface area (Å²) in [6, 6.07) is -0.926. The fourth-order valence-corrected chi connectivity index (χ4v) is 10.1. The van der Waals surface area contributed by atoms with Crippen LogP contribution in [0.4, 0.5) is 0 Å². The molecule has 79 heavy (non-hydrogen) atoms. The summed E-state index contributed by atoms with van der Waals surface area (Å²) in [7, 11) is 0. The summed E-state index contributed by atoms with van der Waals surface area (Å²) < 4.78 is 22.8. The van der Waals surface area contributed by atoms with Crippen LogP contribution < -0.4 is 5.32 Å². The zero-order valence-corrected chi connectivity index (χ0v) is 49.3. The summed E-state index contributed by atoms with van der Waals surface area (Å²) in [4.78, 5) is 13.3. The van der Waals surface area contributed by atoms with Crippen molar-refractivity contribution in [2.75, 3.05) is 19.8 Å². The minimum absolute atomic E-state index is 0.251. The molecule has 0 aromatic carbocycles. The number of hydrogen-bond donors (Lipinski definition) is 9. The summed E-state index contributed by atoms with van der Waals surface area (Å²) in [6.07, 6.45) is 49.3. The van der Waals surface area contributed by atoms with Gasteiger partial charge < -0.3 is 65.1 Å². The van der Waals surface area contributed by atoms with Gasteiger partial charge in [0.2, 0.25) is 5.91 Å². The first kappa shape index (κ1) is 72.5. The minimum Gasteiger partial charge on any atom is -0.394 e. The molecule has 14 nitrogen and oxygen atoms in total. The maximum atomic E-state index is 13.3. The summed E-state index contributed by atoms with van der Waals surface area (Å²) in [5.41, 5.74) is 0. The molecule has 2 rings (SSSR count). The molecule has 0 bridgehead atoms. The van der Waals surface area contributed by atoms with Crippen LogP contribution >= 0.6 is 0 Å². The molecule has 12 unspecified atom stereocenters. The number of nitrogens with one attached hydrogen (secondary N) is 1. The Labute approximate surface area is 478 Å². The van der Waals surface area contributed by atoms with Gasteiger partial charge in [0.15, 0.2) is 12.6 Å². The number of rotatable bonds is 50. The van der Waals surface area contributed by atoms with Crippen molar-refractivity contribution < 1.29 is 64.6 Å². The van der Waals surface area contributed by atoms with E-state index in [0.29, 0.717) is 6.42 Å². The third-order valence-electron chi connectivity index (χ3n) is 15.1. The molecule has 9 N–H and O–H groups in total. The number of aliphatic hydroxyl groups excluding tert-OH is 8. The van der Waals surface area contributed by atoms with E-state index in [1.807, 2.05) is 6.08 Å². The number of allylic oxidation sites excluding steroid dienone is 11. The zero-order valence-electron chi connectivity index (χ0n) is 49.3. The largest absolute Gasteiger partial charge is 0.394 e. The number of unbranched alkanes of at least 4 members (excludes halogenated alkanes) is 27. The van der Waals surface area contributed by atoms with Crippen LogP contribution in [0.1, 0.15) is 239 Å². The third-order valence-corrected chi connectivity index (χ3v) is 15.1. The molecule has 0 aromatic rings.